The van der Waals surface area contributed by atoms with E-state index in [0.29, 0.717) is 0 Å². The van der Waals surface area contributed by atoms with Crippen molar-refractivity contribution in [2.24, 2.45) is 5.92 Å². The third-order valence-electron chi connectivity index (χ3n) is 3.30. The number of hydrogen-bond donors (Lipinski definition) is 1. The molecule has 0 aromatic rings. The lowest BCUT2D eigenvalue weighted by molar-refractivity contribution is 0.377. The highest BCUT2D eigenvalue weighted by atomic mass is 15.0. The molecule has 2 atom stereocenters. The Hall–Kier alpha value is -0.0800. The lowest BCUT2D eigenvalue weighted by atomic mass is 10.1. The molecule has 2 heteroatoms. The van der Waals surface area contributed by atoms with E-state index in [-0.39, 0.29) is 0 Å². The second-order valence-corrected chi connectivity index (χ2v) is 4.98. The number of nitrogens with zero attached hydrogens (tertiary/aromatic N) is 1. The van der Waals surface area contributed by atoms with Crippen LogP contribution >= 0.6 is 0 Å². The molecule has 0 aromatic carbocycles. The van der Waals surface area contributed by atoms with Gasteiger partial charge in [0.2, 0.25) is 0 Å². The lowest BCUT2D eigenvalue weighted by Gasteiger charge is -2.17. The fourth-order valence-corrected chi connectivity index (χ4v) is 2.29. The highest BCUT2D eigenvalue weighted by Gasteiger charge is 2.21. The molecule has 0 saturated heterocycles. The summed E-state index contributed by atoms with van der Waals surface area (Å²) < 4.78 is 0. The van der Waals surface area contributed by atoms with Crippen LogP contribution in [0.5, 0.6) is 0 Å². The maximum Gasteiger partial charge on any atom is 0.00926 e. The highest BCUT2D eigenvalue weighted by molar-refractivity contribution is 4.79. The van der Waals surface area contributed by atoms with Gasteiger partial charge in [0.25, 0.3) is 0 Å². The third-order valence-corrected chi connectivity index (χ3v) is 3.30. The Kier molecular flexibility index (Phi) is 5.49. The van der Waals surface area contributed by atoms with E-state index >= 15 is 0 Å². The molecular weight excluding hydrogens is 172 g/mol. The van der Waals surface area contributed by atoms with Gasteiger partial charge in [-0.2, -0.15) is 0 Å². The summed E-state index contributed by atoms with van der Waals surface area (Å²) in [6, 6.07) is 0.814. The molecule has 84 valence electrons. The zero-order valence-electron chi connectivity index (χ0n) is 10.1. The molecule has 0 spiro atoms. The first kappa shape index (κ1) is 12.0. The smallest absolute Gasteiger partial charge is 0.00926 e. The molecular formula is C12H26N2. The first-order chi connectivity index (χ1) is 6.70. The summed E-state index contributed by atoms with van der Waals surface area (Å²) in [4.78, 5) is 2.26. The van der Waals surface area contributed by atoms with Crippen molar-refractivity contribution in [3.63, 3.8) is 0 Å². The summed E-state index contributed by atoms with van der Waals surface area (Å²) in [7, 11) is 4.29. The summed E-state index contributed by atoms with van der Waals surface area (Å²) in [6.07, 6.45) is 6.89. The van der Waals surface area contributed by atoms with E-state index in [1.807, 2.05) is 0 Å². The maximum absolute atomic E-state index is 3.69. The number of rotatable bonds is 6. The van der Waals surface area contributed by atoms with Crippen LogP contribution in [-0.4, -0.2) is 38.1 Å². The van der Waals surface area contributed by atoms with Gasteiger partial charge in [-0.25, -0.2) is 0 Å². The van der Waals surface area contributed by atoms with E-state index in [2.05, 4.69) is 31.2 Å². The third kappa shape index (κ3) is 4.43. The second-order valence-electron chi connectivity index (χ2n) is 4.98. The Balaban J connectivity index is 1.93. The standard InChI is InChI=1S/C12H26N2/c1-11-7-6-8-12(11)13-9-4-5-10-14(2)3/h11-13H,4-10H2,1-3H3. The van der Waals surface area contributed by atoms with Crippen LogP contribution < -0.4 is 5.32 Å². The average Bonchev–Trinajstić information content (AvgIpc) is 2.51. The Morgan fingerprint density at radius 3 is 2.57 bits per heavy atom. The Morgan fingerprint density at radius 2 is 2.00 bits per heavy atom. The average molecular weight is 198 g/mol. The van der Waals surface area contributed by atoms with E-state index < -0.39 is 0 Å². The summed E-state index contributed by atoms with van der Waals surface area (Å²) in [5.41, 5.74) is 0. The van der Waals surface area contributed by atoms with Crippen LogP contribution in [0.25, 0.3) is 0 Å². The van der Waals surface area contributed by atoms with Crippen molar-refractivity contribution < 1.29 is 0 Å². The molecule has 0 heterocycles. The van der Waals surface area contributed by atoms with Crippen molar-refractivity contribution in [3.05, 3.63) is 0 Å². The monoisotopic (exact) mass is 198 g/mol. The molecule has 0 aromatic heterocycles. The molecule has 1 N–H and O–H groups in total. The summed E-state index contributed by atoms with van der Waals surface area (Å²) in [5.74, 6) is 0.906. The van der Waals surface area contributed by atoms with Crippen LogP contribution in [0.4, 0.5) is 0 Å². The van der Waals surface area contributed by atoms with Crippen molar-refractivity contribution >= 4 is 0 Å². The van der Waals surface area contributed by atoms with E-state index in [1.165, 1.54) is 45.2 Å². The molecule has 14 heavy (non-hydrogen) atoms. The molecule has 2 nitrogen and oxygen atoms in total. The summed E-state index contributed by atoms with van der Waals surface area (Å²) in [6.45, 7) is 4.81. The first-order valence-corrected chi connectivity index (χ1v) is 6.08. The fourth-order valence-electron chi connectivity index (χ4n) is 2.29. The predicted molar refractivity (Wildman–Crippen MR) is 62.6 cm³/mol. The van der Waals surface area contributed by atoms with Crippen LogP contribution in [0.3, 0.4) is 0 Å². The molecule has 1 aliphatic carbocycles. The molecule has 2 unspecified atom stereocenters. The number of unbranched alkanes of at least 4 members (excludes halogenated alkanes) is 1. The first-order valence-electron chi connectivity index (χ1n) is 6.08. The minimum atomic E-state index is 0.814. The highest BCUT2D eigenvalue weighted by Crippen LogP contribution is 2.24. The molecule has 0 bridgehead atoms. The molecule has 0 aliphatic heterocycles. The van der Waals surface area contributed by atoms with Crippen molar-refractivity contribution in [2.75, 3.05) is 27.2 Å². The predicted octanol–water partition coefficient (Wildman–Crippen LogP) is 2.11. The molecule has 1 aliphatic rings. The van der Waals surface area contributed by atoms with Gasteiger partial charge in [-0.1, -0.05) is 13.3 Å². The Labute approximate surface area is 89.1 Å². The molecule has 0 amide bonds. The summed E-state index contributed by atoms with van der Waals surface area (Å²) in [5, 5.41) is 3.69. The molecule has 0 radical (unpaired) electrons. The van der Waals surface area contributed by atoms with Gasteiger partial charge in [0.05, 0.1) is 0 Å². The number of hydrogen-bond acceptors (Lipinski definition) is 2. The van der Waals surface area contributed by atoms with Gasteiger partial charge in [-0.15, -0.1) is 0 Å². The molecule has 1 fully saturated rings. The zero-order chi connectivity index (χ0) is 10.4. The minimum Gasteiger partial charge on any atom is -0.314 e. The Bertz CT molecular complexity index is 145. The van der Waals surface area contributed by atoms with Gasteiger partial charge in [-0.05, 0) is 58.8 Å². The van der Waals surface area contributed by atoms with Gasteiger partial charge in [0.1, 0.15) is 0 Å². The van der Waals surface area contributed by atoms with Crippen LogP contribution in [0.15, 0.2) is 0 Å². The van der Waals surface area contributed by atoms with Crippen LogP contribution in [0.1, 0.15) is 39.0 Å². The largest absolute Gasteiger partial charge is 0.314 e. The summed E-state index contributed by atoms with van der Waals surface area (Å²) >= 11 is 0. The lowest BCUT2D eigenvalue weighted by Crippen LogP contribution is -2.32. The Morgan fingerprint density at radius 1 is 1.21 bits per heavy atom. The van der Waals surface area contributed by atoms with E-state index in [9.17, 15) is 0 Å². The topological polar surface area (TPSA) is 15.3 Å². The van der Waals surface area contributed by atoms with Crippen molar-refractivity contribution in [1.29, 1.82) is 0 Å². The van der Waals surface area contributed by atoms with Gasteiger partial charge in [0.15, 0.2) is 0 Å². The maximum atomic E-state index is 3.69. The zero-order valence-corrected chi connectivity index (χ0v) is 10.1. The van der Waals surface area contributed by atoms with Crippen LogP contribution in [0.2, 0.25) is 0 Å². The van der Waals surface area contributed by atoms with Gasteiger partial charge >= 0.3 is 0 Å². The molecule has 1 rings (SSSR count). The van der Waals surface area contributed by atoms with E-state index in [1.54, 1.807) is 0 Å². The molecule has 1 saturated carbocycles. The van der Waals surface area contributed by atoms with Crippen molar-refractivity contribution in [2.45, 2.75) is 45.1 Å². The van der Waals surface area contributed by atoms with Gasteiger partial charge < -0.3 is 10.2 Å². The van der Waals surface area contributed by atoms with Gasteiger partial charge in [-0.3, -0.25) is 0 Å². The van der Waals surface area contributed by atoms with Crippen LogP contribution in [0, 0.1) is 5.92 Å². The van der Waals surface area contributed by atoms with E-state index in [0.717, 1.165) is 12.0 Å². The minimum absolute atomic E-state index is 0.814. The fraction of sp³-hybridized carbons (Fsp3) is 1.00. The van der Waals surface area contributed by atoms with Crippen LogP contribution in [-0.2, 0) is 0 Å². The quantitative estimate of drug-likeness (QED) is 0.658. The normalized spacial score (nSPS) is 27.4. The van der Waals surface area contributed by atoms with Crippen molar-refractivity contribution in [3.8, 4) is 0 Å². The number of nitrogens with one attached hydrogen (secondary N) is 1. The van der Waals surface area contributed by atoms with E-state index in [4.69, 9.17) is 0 Å². The van der Waals surface area contributed by atoms with Crippen molar-refractivity contribution in [1.82, 2.24) is 10.2 Å². The SMILES string of the molecule is CC1CCCC1NCCCCN(C)C. The van der Waals surface area contributed by atoms with Gasteiger partial charge in [0, 0.05) is 6.04 Å². The second kappa shape index (κ2) is 6.41.